The number of aromatic nitrogens is 4. The molecule has 2 aromatic carbocycles. The maximum atomic E-state index is 14.8. The lowest BCUT2D eigenvalue weighted by atomic mass is 10.0. The van der Waals surface area contributed by atoms with E-state index in [1.165, 1.54) is 41.3 Å². The molecule has 0 saturated heterocycles. The first-order valence-electron chi connectivity index (χ1n) is 9.84. The van der Waals surface area contributed by atoms with E-state index >= 15 is 0 Å². The number of halogens is 5. The summed E-state index contributed by atoms with van der Waals surface area (Å²) < 4.78 is 75.0. The van der Waals surface area contributed by atoms with Gasteiger partial charge in [0.05, 0.1) is 16.9 Å². The van der Waals surface area contributed by atoms with E-state index in [2.05, 4.69) is 20.4 Å². The summed E-state index contributed by atoms with van der Waals surface area (Å²) >= 11 is 0. The Morgan fingerprint density at radius 2 is 1.74 bits per heavy atom. The molecule has 0 fully saturated rings. The molecule has 0 aliphatic rings. The minimum atomic E-state index is -4.87. The number of hydrogen-bond acceptors (Lipinski definition) is 6. The molecule has 0 aliphatic carbocycles. The van der Waals surface area contributed by atoms with Gasteiger partial charge in [-0.15, -0.1) is 0 Å². The summed E-state index contributed by atoms with van der Waals surface area (Å²) in [5.74, 6) is -1.91. The molecule has 35 heavy (non-hydrogen) atoms. The van der Waals surface area contributed by atoms with E-state index in [1.807, 2.05) is 0 Å². The predicted octanol–water partition coefficient (Wildman–Crippen LogP) is 4.97. The van der Waals surface area contributed by atoms with Crippen molar-refractivity contribution in [2.45, 2.75) is 12.8 Å². The maximum Gasteiger partial charge on any atom is 0.417 e. The van der Waals surface area contributed by atoms with Crippen LogP contribution in [0.1, 0.15) is 11.3 Å². The molecule has 0 saturated carbocycles. The SMILES string of the molecule is NC(=O)OCc1cc(Nc2cc(-c3ncccn3)c(C(F)(F)F)cc2F)n(-c2ccc(F)cc2)n1. The Morgan fingerprint density at radius 3 is 2.37 bits per heavy atom. The van der Waals surface area contributed by atoms with Crippen LogP contribution in [0.3, 0.4) is 0 Å². The Hall–Kier alpha value is -4.55. The van der Waals surface area contributed by atoms with Crippen molar-refractivity contribution in [2.24, 2.45) is 5.73 Å². The zero-order valence-corrected chi connectivity index (χ0v) is 17.6. The van der Waals surface area contributed by atoms with Crippen LogP contribution in [0.2, 0.25) is 0 Å². The smallest absolute Gasteiger partial charge is 0.417 e. The number of anilines is 2. The van der Waals surface area contributed by atoms with Gasteiger partial charge in [0.1, 0.15) is 29.8 Å². The summed E-state index contributed by atoms with van der Waals surface area (Å²) in [7, 11) is 0. The number of nitrogens with two attached hydrogens (primary N) is 1. The van der Waals surface area contributed by atoms with Crippen molar-refractivity contribution in [3.63, 3.8) is 0 Å². The van der Waals surface area contributed by atoms with E-state index in [9.17, 15) is 26.7 Å². The summed E-state index contributed by atoms with van der Waals surface area (Å²) in [6.07, 6.45) is -3.42. The normalized spacial score (nSPS) is 11.3. The number of benzene rings is 2. The fraction of sp³-hybridized carbons (Fsp3) is 0.0909. The highest BCUT2D eigenvalue weighted by atomic mass is 19.4. The summed E-state index contributed by atoms with van der Waals surface area (Å²) in [6.45, 7) is -0.337. The van der Waals surface area contributed by atoms with Crippen LogP contribution in [0, 0.1) is 11.6 Å². The second-order valence-corrected chi connectivity index (χ2v) is 7.09. The minimum absolute atomic E-state index is 0.0817. The monoisotopic (exact) mass is 490 g/mol. The van der Waals surface area contributed by atoms with Crippen LogP contribution in [0.15, 0.2) is 60.9 Å². The quantitative estimate of drug-likeness (QED) is 0.370. The molecule has 0 unspecified atom stereocenters. The fourth-order valence-corrected chi connectivity index (χ4v) is 3.18. The van der Waals surface area contributed by atoms with E-state index in [0.717, 1.165) is 18.2 Å². The van der Waals surface area contributed by atoms with Gasteiger partial charge in [-0.25, -0.2) is 28.2 Å². The molecule has 180 valence electrons. The van der Waals surface area contributed by atoms with Crippen LogP contribution < -0.4 is 11.1 Å². The number of hydrogen-bond donors (Lipinski definition) is 2. The predicted molar refractivity (Wildman–Crippen MR) is 114 cm³/mol. The second-order valence-electron chi connectivity index (χ2n) is 7.09. The lowest BCUT2D eigenvalue weighted by Crippen LogP contribution is -2.13. The highest BCUT2D eigenvalue weighted by Crippen LogP contribution is 2.39. The van der Waals surface area contributed by atoms with E-state index in [4.69, 9.17) is 10.5 Å². The zero-order chi connectivity index (χ0) is 25.2. The number of ether oxygens (including phenoxy) is 1. The highest BCUT2D eigenvalue weighted by molar-refractivity contribution is 5.71. The van der Waals surface area contributed by atoms with Gasteiger partial charge in [-0.1, -0.05) is 0 Å². The third-order valence-corrected chi connectivity index (χ3v) is 4.68. The van der Waals surface area contributed by atoms with Gasteiger partial charge in [0.25, 0.3) is 0 Å². The Kier molecular flexibility index (Phi) is 6.32. The number of rotatable bonds is 6. The van der Waals surface area contributed by atoms with Crippen LogP contribution in [0.4, 0.5) is 38.3 Å². The molecule has 1 amide bonds. The molecule has 0 aliphatic heterocycles. The van der Waals surface area contributed by atoms with Crippen LogP contribution in [0.25, 0.3) is 17.1 Å². The van der Waals surface area contributed by atoms with Crippen LogP contribution in [0.5, 0.6) is 0 Å². The number of primary amides is 1. The number of alkyl halides is 3. The molecule has 8 nitrogen and oxygen atoms in total. The van der Waals surface area contributed by atoms with Crippen molar-refractivity contribution in [1.82, 2.24) is 19.7 Å². The molecule has 0 bridgehead atoms. The van der Waals surface area contributed by atoms with Crippen LogP contribution >= 0.6 is 0 Å². The summed E-state index contributed by atoms with van der Waals surface area (Å²) in [5.41, 5.74) is 3.43. The van der Waals surface area contributed by atoms with E-state index < -0.39 is 35.0 Å². The molecule has 13 heteroatoms. The molecule has 0 atom stereocenters. The van der Waals surface area contributed by atoms with Gasteiger partial charge in [0.2, 0.25) is 0 Å². The summed E-state index contributed by atoms with van der Waals surface area (Å²) in [6, 6.07) is 9.11. The van der Waals surface area contributed by atoms with Crippen molar-refractivity contribution in [3.8, 4) is 17.1 Å². The lowest BCUT2D eigenvalue weighted by molar-refractivity contribution is -0.137. The minimum Gasteiger partial charge on any atom is -0.443 e. The zero-order valence-electron chi connectivity index (χ0n) is 17.6. The first-order chi connectivity index (χ1) is 16.6. The average Bonchev–Trinajstić information content (AvgIpc) is 3.22. The number of amides is 1. The maximum absolute atomic E-state index is 14.8. The summed E-state index contributed by atoms with van der Waals surface area (Å²) in [4.78, 5) is 18.6. The van der Waals surface area contributed by atoms with Crippen molar-refractivity contribution in [3.05, 3.63) is 83.8 Å². The highest BCUT2D eigenvalue weighted by Gasteiger charge is 2.36. The van der Waals surface area contributed by atoms with Crippen molar-refractivity contribution in [2.75, 3.05) is 5.32 Å². The Balaban J connectivity index is 1.80. The third kappa shape index (κ3) is 5.34. The van der Waals surface area contributed by atoms with E-state index in [0.29, 0.717) is 11.8 Å². The van der Waals surface area contributed by atoms with Crippen LogP contribution in [-0.2, 0) is 17.5 Å². The van der Waals surface area contributed by atoms with Crippen molar-refractivity contribution >= 4 is 17.6 Å². The molecule has 2 aromatic heterocycles. The number of carbonyl (C=O) groups excluding carboxylic acids is 1. The molecule has 4 aromatic rings. The lowest BCUT2D eigenvalue weighted by Gasteiger charge is -2.16. The third-order valence-electron chi connectivity index (χ3n) is 4.68. The topological polar surface area (TPSA) is 108 Å². The molecule has 3 N–H and O–H groups in total. The van der Waals surface area contributed by atoms with Crippen molar-refractivity contribution in [1.29, 1.82) is 0 Å². The average molecular weight is 490 g/mol. The Labute approximate surface area is 194 Å². The molecular weight excluding hydrogens is 475 g/mol. The van der Waals surface area contributed by atoms with Crippen molar-refractivity contribution < 1.29 is 31.5 Å². The van der Waals surface area contributed by atoms with Gasteiger partial charge in [-0.2, -0.15) is 18.3 Å². The molecule has 2 heterocycles. The Morgan fingerprint density at radius 1 is 1.06 bits per heavy atom. The fourth-order valence-electron chi connectivity index (χ4n) is 3.18. The van der Waals surface area contributed by atoms with Gasteiger partial charge in [0.15, 0.2) is 5.82 Å². The van der Waals surface area contributed by atoms with Gasteiger partial charge < -0.3 is 15.8 Å². The van der Waals surface area contributed by atoms with Gasteiger partial charge in [-0.3, -0.25) is 0 Å². The largest absolute Gasteiger partial charge is 0.443 e. The van der Waals surface area contributed by atoms with Gasteiger partial charge >= 0.3 is 12.3 Å². The number of nitrogens with one attached hydrogen (secondary N) is 1. The molecule has 0 radical (unpaired) electrons. The van der Waals surface area contributed by atoms with Gasteiger partial charge in [0, 0.05) is 24.0 Å². The first-order valence-corrected chi connectivity index (χ1v) is 9.84. The van der Waals surface area contributed by atoms with E-state index in [-0.39, 0.29) is 29.6 Å². The molecular formula is C22H15F5N6O2. The summed E-state index contributed by atoms with van der Waals surface area (Å²) in [5, 5.41) is 6.90. The standard InChI is InChI=1S/C22H15F5N6O2/c23-12-2-4-14(5-3-12)33-19(8-13(32-33)11-35-21(28)34)31-18-9-15(20-29-6-1-7-30-20)16(10-17(18)24)22(25,26)27/h1-10,31H,11H2,(H2,28,34). The van der Waals surface area contributed by atoms with E-state index in [1.54, 1.807) is 0 Å². The number of nitrogens with zero attached hydrogens (tertiary/aromatic N) is 4. The molecule has 4 rings (SSSR count). The Bertz CT molecular complexity index is 1360. The number of carbonyl (C=O) groups is 1. The van der Waals surface area contributed by atoms with Crippen LogP contribution in [-0.4, -0.2) is 25.8 Å². The second kappa shape index (κ2) is 9.37. The molecule has 0 spiro atoms. The first kappa shape index (κ1) is 23.6. The van der Waals surface area contributed by atoms with Gasteiger partial charge in [-0.05, 0) is 42.5 Å².